The van der Waals surface area contributed by atoms with Gasteiger partial charge in [0.1, 0.15) is 11.8 Å². The molecule has 0 spiro atoms. The number of carbonyl (C=O) groups excluding carboxylic acids is 1. The molecule has 0 aromatic carbocycles. The largest absolute Gasteiger partial charge is 0.457 e. The van der Waals surface area contributed by atoms with E-state index in [1.54, 1.807) is 0 Å². The molecule has 1 fully saturated rings. The Hall–Kier alpha value is -1.53. The summed E-state index contributed by atoms with van der Waals surface area (Å²) in [7, 11) is 0. The maximum absolute atomic E-state index is 12.1. The Morgan fingerprint density at radius 1 is 1.60 bits per heavy atom. The Bertz CT molecular complexity index is 360. The summed E-state index contributed by atoms with van der Waals surface area (Å²) in [5.41, 5.74) is 0.0582. The molecule has 2 unspecified atom stereocenters. The van der Waals surface area contributed by atoms with Gasteiger partial charge in [0.25, 0.3) is 0 Å². The minimum atomic E-state index is -4.28. The van der Waals surface area contributed by atoms with E-state index < -0.39 is 24.2 Å². The number of halogens is 3. The van der Waals surface area contributed by atoms with Crippen LogP contribution in [0.1, 0.15) is 16.9 Å². The predicted molar refractivity (Wildman–Crippen MR) is 42.0 cm³/mol. The zero-order chi connectivity index (χ0) is 11.1. The second kappa shape index (κ2) is 3.25. The van der Waals surface area contributed by atoms with Gasteiger partial charge in [-0.05, 0) is 0 Å². The number of H-pyrrole nitrogens is 1. The molecule has 2 atom stereocenters. The number of rotatable bonds is 2. The molecule has 1 N–H and O–H groups in total. The highest BCUT2D eigenvalue weighted by molar-refractivity contribution is 5.87. The summed E-state index contributed by atoms with van der Waals surface area (Å²) in [6, 6.07) is 0. The van der Waals surface area contributed by atoms with Crippen LogP contribution in [0.4, 0.5) is 13.2 Å². The van der Waals surface area contributed by atoms with Crippen LogP contribution < -0.4 is 0 Å². The minimum absolute atomic E-state index is 0.0582. The number of alkyl halides is 3. The quantitative estimate of drug-likeness (QED) is 0.768. The summed E-state index contributed by atoms with van der Waals surface area (Å²) in [6.07, 6.45) is -3.01. The Labute approximate surface area is 82.5 Å². The number of aromatic nitrogens is 2. The first-order valence-electron chi connectivity index (χ1n) is 4.24. The molecule has 7 heteroatoms. The summed E-state index contributed by atoms with van der Waals surface area (Å²) in [5.74, 6) is -2.31. The van der Waals surface area contributed by atoms with Crippen molar-refractivity contribution in [2.75, 3.05) is 0 Å². The number of ether oxygens (including phenoxy) is 1. The number of imidazole rings is 1. The average Bonchev–Trinajstić information content (AvgIpc) is 2.72. The number of esters is 1. The smallest absolute Gasteiger partial charge is 0.395 e. The summed E-state index contributed by atoms with van der Waals surface area (Å²) >= 11 is 0. The van der Waals surface area contributed by atoms with Crippen molar-refractivity contribution in [3.8, 4) is 0 Å². The molecule has 0 bridgehead atoms. The molecule has 15 heavy (non-hydrogen) atoms. The molecule has 1 aliphatic carbocycles. The molecule has 1 aliphatic rings. The van der Waals surface area contributed by atoms with E-state index in [2.05, 4.69) is 14.7 Å². The van der Waals surface area contributed by atoms with E-state index in [9.17, 15) is 18.0 Å². The molecule has 82 valence electrons. The second-order valence-corrected chi connectivity index (χ2v) is 3.29. The maximum atomic E-state index is 12.1. The van der Waals surface area contributed by atoms with E-state index in [1.807, 2.05) is 0 Å². The predicted octanol–water partition coefficient (Wildman–Crippen LogP) is 1.52. The number of nitrogens with one attached hydrogen (secondary N) is 1. The van der Waals surface area contributed by atoms with Gasteiger partial charge >= 0.3 is 12.1 Å². The van der Waals surface area contributed by atoms with Crippen molar-refractivity contribution >= 4 is 5.97 Å². The fraction of sp³-hybridized carbons (Fsp3) is 0.500. The molecule has 0 aliphatic heterocycles. The second-order valence-electron chi connectivity index (χ2n) is 3.29. The van der Waals surface area contributed by atoms with E-state index in [0.29, 0.717) is 0 Å². The monoisotopic (exact) mass is 220 g/mol. The maximum Gasteiger partial charge on any atom is 0.395 e. The molecule has 1 heterocycles. The molecule has 4 nitrogen and oxygen atoms in total. The van der Waals surface area contributed by atoms with Gasteiger partial charge in [0.15, 0.2) is 0 Å². The van der Waals surface area contributed by atoms with Crippen LogP contribution in [0, 0.1) is 5.92 Å². The van der Waals surface area contributed by atoms with Gasteiger partial charge in [-0.15, -0.1) is 0 Å². The van der Waals surface area contributed by atoms with Crippen molar-refractivity contribution in [1.29, 1.82) is 0 Å². The van der Waals surface area contributed by atoms with Crippen molar-refractivity contribution in [3.63, 3.8) is 0 Å². The molecule has 0 radical (unpaired) electrons. The third-order valence-corrected chi connectivity index (χ3v) is 2.13. The highest BCUT2D eigenvalue weighted by Crippen LogP contribution is 2.46. The molecule has 1 aromatic heterocycles. The summed E-state index contributed by atoms with van der Waals surface area (Å²) in [6.45, 7) is 0. The molecule has 1 aromatic rings. The van der Waals surface area contributed by atoms with Crippen LogP contribution in [-0.2, 0) is 4.74 Å². The van der Waals surface area contributed by atoms with Gasteiger partial charge in [-0.3, -0.25) is 0 Å². The molecule has 0 saturated heterocycles. The Kier molecular flexibility index (Phi) is 2.17. The van der Waals surface area contributed by atoms with Crippen LogP contribution in [-0.4, -0.2) is 28.2 Å². The molecular formula is C8H7F3N2O2. The van der Waals surface area contributed by atoms with E-state index in [-0.39, 0.29) is 12.1 Å². The number of aromatic amines is 1. The Morgan fingerprint density at radius 3 is 2.80 bits per heavy atom. The first kappa shape index (κ1) is 10.0. The average molecular weight is 220 g/mol. The normalized spacial score (nSPS) is 25.0. The van der Waals surface area contributed by atoms with E-state index >= 15 is 0 Å². The van der Waals surface area contributed by atoms with Gasteiger partial charge in [0.2, 0.25) is 0 Å². The van der Waals surface area contributed by atoms with Crippen molar-refractivity contribution in [2.24, 2.45) is 5.92 Å². The summed E-state index contributed by atoms with van der Waals surface area (Å²) < 4.78 is 40.8. The highest BCUT2D eigenvalue weighted by Gasteiger charge is 2.58. The van der Waals surface area contributed by atoms with Crippen molar-refractivity contribution in [2.45, 2.75) is 18.7 Å². The van der Waals surface area contributed by atoms with Crippen molar-refractivity contribution in [3.05, 3.63) is 18.2 Å². The number of hydrogen-bond acceptors (Lipinski definition) is 3. The zero-order valence-electron chi connectivity index (χ0n) is 7.41. The first-order valence-corrected chi connectivity index (χ1v) is 4.24. The summed E-state index contributed by atoms with van der Waals surface area (Å²) in [4.78, 5) is 17.2. The zero-order valence-corrected chi connectivity index (χ0v) is 7.41. The highest BCUT2D eigenvalue weighted by atomic mass is 19.4. The van der Waals surface area contributed by atoms with Crippen LogP contribution in [0.5, 0.6) is 0 Å². The van der Waals surface area contributed by atoms with Crippen LogP contribution in [0.25, 0.3) is 0 Å². The van der Waals surface area contributed by atoms with Crippen molar-refractivity contribution in [1.82, 2.24) is 9.97 Å². The Morgan fingerprint density at radius 2 is 2.33 bits per heavy atom. The topological polar surface area (TPSA) is 55.0 Å². The minimum Gasteiger partial charge on any atom is -0.457 e. The van der Waals surface area contributed by atoms with Gasteiger partial charge in [-0.25, -0.2) is 9.78 Å². The van der Waals surface area contributed by atoms with Crippen LogP contribution in [0.2, 0.25) is 0 Å². The lowest BCUT2D eigenvalue weighted by Crippen LogP contribution is -2.17. The lowest BCUT2D eigenvalue weighted by molar-refractivity contribution is -0.154. The van der Waals surface area contributed by atoms with Gasteiger partial charge in [-0.2, -0.15) is 13.2 Å². The number of hydrogen-bond donors (Lipinski definition) is 1. The number of carbonyl (C=O) groups is 1. The molecule has 1 saturated carbocycles. The lowest BCUT2D eigenvalue weighted by Gasteiger charge is -2.05. The standard InChI is InChI=1S/C8H7F3N2O2/c9-8(10,11)4-1-6(4)15-7(14)5-2-12-3-13-5/h2-4,6H,1H2,(H,12,13). The molecular weight excluding hydrogens is 213 g/mol. The van der Waals surface area contributed by atoms with Crippen LogP contribution >= 0.6 is 0 Å². The van der Waals surface area contributed by atoms with E-state index in [0.717, 1.165) is 0 Å². The molecule has 0 amide bonds. The number of nitrogens with zero attached hydrogens (tertiary/aromatic N) is 1. The van der Waals surface area contributed by atoms with Crippen LogP contribution in [0.15, 0.2) is 12.5 Å². The fourth-order valence-corrected chi connectivity index (χ4v) is 1.21. The molecule has 2 rings (SSSR count). The fourth-order valence-electron chi connectivity index (χ4n) is 1.21. The van der Waals surface area contributed by atoms with Gasteiger partial charge in [0, 0.05) is 6.42 Å². The van der Waals surface area contributed by atoms with Gasteiger partial charge in [-0.1, -0.05) is 0 Å². The van der Waals surface area contributed by atoms with Gasteiger partial charge in [0.05, 0.1) is 18.4 Å². The van der Waals surface area contributed by atoms with E-state index in [4.69, 9.17) is 0 Å². The lowest BCUT2D eigenvalue weighted by atomic mass is 10.4. The summed E-state index contributed by atoms with van der Waals surface area (Å²) in [5, 5.41) is 0. The SMILES string of the molecule is O=C(OC1CC1C(F)(F)F)c1cnc[nH]1. The van der Waals surface area contributed by atoms with E-state index in [1.165, 1.54) is 12.5 Å². The van der Waals surface area contributed by atoms with Crippen molar-refractivity contribution < 1.29 is 22.7 Å². The first-order chi connectivity index (χ1) is 6.98. The van der Waals surface area contributed by atoms with Crippen LogP contribution in [0.3, 0.4) is 0 Å². The third kappa shape index (κ3) is 2.11. The third-order valence-electron chi connectivity index (χ3n) is 2.13. The Balaban J connectivity index is 1.88. The van der Waals surface area contributed by atoms with Gasteiger partial charge < -0.3 is 9.72 Å².